The minimum atomic E-state index is -3.68. The van der Waals surface area contributed by atoms with Crippen LogP contribution >= 0.6 is 0 Å². The molecule has 0 unspecified atom stereocenters. The summed E-state index contributed by atoms with van der Waals surface area (Å²) < 4.78 is 38.8. The molecule has 1 amide bonds. The van der Waals surface area contributed by atoms with Crippen molar-refractivity contribution in [3.8, 4) is 0 Å². The molecule has 1 aromatic carbocycles. The standard InChI is InChI=1S/C19H23N3O6S/c1-14(28-19(24)17-7-4-8-21(17)2)18(23)20-15-5-3-6-16(13-15)29(25,26)22-9-11-27-12-10-22/h3-8,13-14H,9-12H2,1-2H3,(H,20,23)/t14-/m1/s1. The minimum absolute atomic E-state index is 0.0747. The topological polar surface area (TPSA) is 107 Å². The molecule has 3 rings (SSSR count). The summed E-state index contributed by atoms with van der Waals surface area (Å²) in [6, 6.07) is 9.26. The molecule has 29 heavy (non-hydrogen) atoms. The quantitative estimate of drug-likeness (QED) is 0.703. The van der Waals surface area contributed by atoms with Gasteiger partial charge in [0.25, 0.3) is 5.91 Å². The van der Waals surface area contributed by atoms with Gasteiger partial charge in [0.1, 0.15) is 5.69 Å². The van der Waals surface area contributed by atoms with E-state index in [0.717, 1.165) is 0 Å². The first-order valence-corrected chi connectivity index (χ1v) is 10.5. The molecule has 1 aliphatic heterocycles. The van der Waals surface area contributed by atoms with E-state index in [0.29, 0.717) is 24.6 Å². The summed E-state index contributed by atoms with van der Waals surface area (Å²) in [5.74, 6) is -1.18. The Kier molecular flexibility index (Phi) is 6.36. The molecule has 1 aromatic heterocycles. The number of morpholine rings is 1. The van der Waals surface area contributed by atoms with E-state index in [4.69, 9.17) is 9.47 Å². The van der Waals surface area contributed by atoms with Gasteiger partial charge < -0.3 is 19.4 Å². The number of hydrogen-bond acceptors (Lipinski definition) is 6. The number of benzene rings is 1. The van der Waals surface area contributed by atoms with E-state index in [1.807, 2.05) is 0 Å². The highest BCUT2D eigenvalue weighted by atomic mass is 32.2. The van der Waals surface area contributed by atoms with Crippen LogP contribution in [0.1, 0.15) is 17.4 Å². The number of sulfonamides is 1. The van der Waals surface area contributed by atoms with E-state index < -0.39 is 28.0 Å². The van der Waals surface area contributed by atoms with Crippen LogP contribution < -0.4 is 5.32 Å². The van der Waals surface area contributed by atoms with Crippen LogP contribution in [0.15, 0.2) is 47.5 Å². The van der Waals surface area contributed by atoms with Gasteiger partial charge in [-0.1, -0.05) is 6.07 Å². The number of nitrogens with zero attached hydrogens (tertiary/aromatic N) is 2. The molecule has 9 nitrogen and oxygen atoms in total. The van der Waals surface area contributed by atoms with Crippen LogP contribution in [0.2, 0.25) is 0 Å². The molecular weight excluding hydrogens is 398 g/mol. The summed E-state index contributed by atoms with van der Waals surface area (Å²) in [5.41, 5.74) is 0.620. The molecule has 0 bridgehead atoms. The Labute approximate surface area is 169 Å². The van der Waals surface area contributed by atoms with E-state index in [-0.39, 0.29) is 18.0 Å². The number of amides is 1. The summed E-state index contributed by atoms with van der Waals surface area (Å²) in [7, 11) is -1.98. The van der Waals surface area contributed by atoms with Crippen molar-refractivity contribution in [2.45, 2.75) is 17.9 Å². The predicted molar refractivity (Wildman–Crippen MR) is 105 cm³/mol. The first kappa shape index (κ1) is 21.0. The Morgan fingerprint density at radius 3 is 2.55 bits per heavy atom. The van der Waals surface area contributed by atoms with Gasteiger partial charge in [0.2, 0.25) is 10.0 Å². The number of aromatic nitrogens is 1. The van der Waals surface area contributed by atoms with Gasteiger partial charge in [0.15, 0.2) is 6.10 Å². The maximum atomic E-state index is 12.8. The smallest absolute Gasteiger partial charge is 0.355 e. The monoisotopic (exact) mass is 421 g/mol. The molecule has 10 heteroatoms. The average molecular weight is 421 g/mol. The largest absolute Gasteiger partial charge is 0.448 e. The highest BCUT2D eigenvalue weighted by Crippen LogP contribution is 2.21. The van der Waals surface area contributed by atoms with Crippen LogP contribution in [-0.4, -0.2) is 61.6 Å². The second-order valence-electron chi connectivity index (χ2n) is 6.59. The van der Waals surface area contributed by atoms with E-state index in [2.05, 4.69) is 5.32 Å². The number of nitrogens with one attached hydrogen (secondary N) is 1. The average Bonchev–Trinajstić information content (AvgIpc) is 3.15. The molecule has 0 spiro atoms. The lowest BCUT2D eigenvalue weighted by atomic mass is 10.3. The van der Waals surface area contributed by atoms with Gasteiger partial charge >= 0.3 is 5.97 Å². The van der Waals surface area contributed by atoms with Gasteiger partial charge in [-0.25, -0.2) is 13.2 Å². The lowest BCUT2D eigenvalue weighted by Gasteiger charge is -2.26. The molecule has 2 heterocycles. The molecule has 0 radical (unpaired) electrons. The van der Waals surface area contributed by atoms with Crippen molar-refractivity contribution < 1.29 is 27.5 Å². The van der Waals surface area contributed by atoms with Crippen molar-refractivity contribution in [1.82, 2.24) is 8.87 Å². The number of aryl methyl sites for hydroxylation is 1. The lowest BCUT2D eigenvalue weighted by Crippen LogP contribution is -2.40. The fraction of sp³-hybridized carbons (Fsp3) is 0.368. The first-order valence-electron chi connectivity index (χ1n) is 9.10. The van der Waals surface area contributed by atoms with Crippen molar-refractivity contribution in [3.63, 3.8) is 0 Å². The summed E-state index contributed by atoms with van der Waals surface area (Å²) in [6.45, 7) is 2.71. The Hall–Kier alpha value is -2.69. The van der Waals surface area contributed by atoms with Crippen LogP contribution in [0, 0.1) is 0 Å². The zero-order valence-corrected chi connectivity index (χ0v) is 17.0. The van der Waals surface area contributed by atoms with Gasteiger partial charge in [-0.3, -0.25) is 4.79 Å². The normalized spacial score (nSPS) is 16.2. The second-order valence-corrected chi connectivity index (χ2v) is 8.52. The zero-order valence-electron chi connectivity index (χ0n) is 16.2. The highest BCUT2D eigenvalue weighted by Gasteiger charge is 2.27. The minimum Gasteiger partial charge on any atom is -0.448 e. The zero-order chi connectivity index (χ0) is 21.0. The first-order chi connectivity index (χ1) is 13.8. The molecule has 1 N–H and O–H groups in total. The summed E-state index contributed by atoms with van der Waals surface area (Å²) in [6.07, 6.45) is 0.638. The number of esters is 1. The third kappa shape index (κ3) is 4.84. The summed E-state index contributed by atoms with van der Waals surface area (Å²) >= 11 is 0. The fourth-order valence-electron chi connectivity index (χ4n) is 2.86. The van der Waals surface area contributed by atoms with Crippen molar-refractivity contribution in [2.75, 3.05) is 31.6 Å². The predicted octanol–water partition coefficient (Wildman–Crippen LogP) is 1.23. The van der Waals surface area contributed by atoms with E-state index in [9.17, 15) is 18.0 Å². The number of carbonyl (C=O) groups is 2. The van der Waals surface area contributed by atoms with E-state index >= 15 is 0 Å². The van der Waals surface area contributed by atoms with Crippen molar-refractivity contribution in [3.05, 3.63) is 48.3 Å². The fourth-order valence-corrected chi connectivity index (χ4v) is 4.32. The second kappa shape index (κ2) is 8.76. The van der Waals surface area contributed by atoms with Gasteiger partial charge in [-0.2, -0.15) is 4.31 Å². The van der Waals surface area contributed by atoms with Crippen molar-refractivity contribution in [2.24, 2.45) is 7.05 Å². The van der Waals surface area contributed by atoms with Gasteiger partial charge in [-0.15, -0.1) is 0 Å². The van der Waals surface area contributed by atoms with E-state index in [1.54, 1.807) is 42.1 Å². The number of anilines is 1. The Bertz CT molecular complexity index is 995. The molecule has 1 fully saturated rings. The van der Waals surface area contributed by atoms with E-state index in [1.165, 1.54) is 23.4 Å². The number of carbonyl (C=O) groups excluding carboxylic acids is 2. The highest BCUT2D eigenvalue weighted by molar-refractivity contribution is 7.89. The maximum absolute atomic E-state index is 12.8. The Morgan fingerprint density at radius 1 is 1.17 bits per heavy atom. The van der Waals surface area contributed by atoms with Crippen molar-refractivity contribution >= 4 is 27.6 Å². The Balaban J connectivity index is 1.67. The third-order valence-corrected chi connectivity index (χ3v) is 6.41. The molecule has 1 saturated heterocycles. The molecule has 156 valence electrons. The van der Waals surface area contributed by atoms with Gasteiger partial charge in [0.05, 0.1) is 18.1 Å². The number of rotatable bonds is 6. The molecule has 0 saturated carbocycles. The van der Waals surface area contributed by atoms with Crippen LogP contribution in [0.25, 0.3) is 0 Å². The van der Waals surface area contributed by atoms with Crippen LogP contribution in [-0.2, 0) is 31.3 Å². The summed E-state index contributed by atoms with van der Waals surface area (Å²) in [4.78, 5) is 24.6. The van der Waals surface area contributed by atoms with Crippen LogP contribution in [0.5, 0.6) is 0 Å². The molecule has 2 aromatic rings. The van der Waals surface area contributed by atoms with Gasteiger partial charge in [0, 0.05) is 32.0 Å². The molecular formula is C19H23N3O6S. The maximum Gasteiger partial charge on any atom is 0.355 e. The lowest BCUT2D eigenvalue weighted by molar-refractivity contribution is -0.123. The van der Waals surface area contributed by atoms with Gasteiger partial charge in [-0.05, 0) is 37.3 Å². The molecule has 1 aliphatic rings. The van der Waals surface area contributed by atoms with Crippen LogP contribution in [0.4, 0.5) is 5.69 Å². The number of ether oxygens (including phenoxy) is 2. The summed E-state index contributed by atoms with van der Waals surface area (Å²) in [5, 5.41) is 2.59. The Morgan fingerprint density at radius 2 is 1.90 bits per heavy atom. The van der Waals surface area contributed by atoms with Crippen LogP contribution in [0.3, 0.4) is 0 Å². The van der Waals surface area contributed by atoms with Crippen molar-refractivity contribution in [1.29, 1.82) is 0 Å². The molecule has 0 aliphatic carbocycles. The molecule has 1 atom stereocenters. The SMILES string of the molecule is C[C@@H](OC(=O)c1cccn1C)C(=O)Nc1cccc(S(=O)(=O)N2CCOCC2)c1. The third-order valence-electron chi connectivity index (χ3n) is 4.52. The number of hydrogen-bond donors (Lipinski definition) is 1.